The van der Waals surface area contributed by atoms with E-state index in [4.69, 9.17) is 4.74 Å². The Hall–Kier alpha value is -3.41. The molecule has 0 aliphatic rings. The molecule has 0 aliphatic carbocycles. The average Bonchev–Trinajstić information content (AvgIpc) is 2.71. The number of para-hydroxylation sites is 3. The van der Waals surface area contributed by atoms with E-state index in [-0.39, 0.29) is 17.7 Å². The maximum absolute atomic E-state index is 12.6. The Morgan fingerprint density at radius 2 is 1.75 bits per heavy atom. The molecular weight excluding hydrogens is 352 g/mol. The van der Waals surface area contributed by atoms with Gasteiger partial charge in [-0.25, -0.2) is 9.97 Å². The van der Waals surface area contributed by atoms with Crippen LogP contribution in [-0.4, -0.2) is 28.5 Å². The van der Waals surface area contributed by atoms with E-state index in [0.717, 1.165) is 12.2 Å². The number of aromatic nitrogens is 2. The molecule has 2 aromatic carbocycles. The number of anilines is 3. The summed E-state index contributed by atoms with van der Waals surface area (Å²) >= 11 is 0. The van der Waals surface area contributed by atoms with Crippen LogP contribution in [0.5, 0.6) is 5.75 Å². The number of hydrogen-bond donors (Lipinski definition) is 1. The number of nitrogens with one attached hydrogen (secondary N) is 1. The SMILES string of the molecule is CCN(c1ccccc1)c1cnc(C(=O)Nc2ccccc2OC(C)C)cn1. The molecular formula is C22H24N4O2. The molecule has 0 saturated carbocycles. The van der Waals surface area contributed by atoms with Gasteiger partial charge < -0.3 is 15.0 Å². The second-order valence-corrected chi connectivity index (χ2v) is 6.46. The Labute approximate surface area is 165 Å². The number of carbonyl (C=O) groups is 1. The third kappa shape index (κ3) is 4.65. The third-order valence-corrected chi connectivity index (χ3v) is 4.03. The number of hydrogen-bond acceptors (Lipinski definition) is 5. The summed E-state index contributed by atoms with van der Waals surface area (Å²) in [4.78, 5) is 23.4. The zero-order chi connectivity index (χ0) is 19.9. The van der Waals surface area contributed by atoms with Crippen LogP contribution >= 0.6 is 0 Å². The van der Waals surface area contributed by atoms with Crippen molar-refractivity contribution < 1.29 is 9.53 Å². The molecule has 0 spiro atoms. The number of amides is 1. The summed E-state index contributed by atoms with van der Waals surface area (Å²) < 4.78 is 5.74. The third-order valence-electron chi connectivity index (χ3n) is 4.03. The fourth-order valence-corrected chi connectivity index (χ4v) is 2.78. The minimum atomic E-state index is -0.332. The quantitative estimate of drug-likeness (QED) is 0.649. The number of ether oxygens (including phenoxy) is 1. The van der Waals surface area contributed by atoms with Crippen LogP contribution in [0.25, 0.3) is 0 Å². The van der Waals surface area contributed by atoms with Gasteiger partial charge in [-0.1, -0.05) is 30.3 Å². The van der Waals surface area contributed by atoms with Gasteiger partial charge in [-0.15, -0.1) is 0 Å². The van der Waals surface area contributed by atoms with Crippen LogP contribution in [-0.2, 0) is 0 Å². The molecule has 3 rings (SSSR count). The van der Waals surface area contributed by atoms with Crippen molar-refractivity contribution in [1.29, 1.82) is 0 Å². The minimum absolute atomic E-state index is 0.00939. The largest absolute Gasteiger partial charge is 0.489 e. The first-order valence-electron chi connectivity index (χ1n) is 9.30. The van der Waals surface area contributed by atoms with Crippen LogP contribution in [0.15, 0.2) is 67.0 Å². The zero-order valence-electron chi connectivity index (χ0n) is 16.3. The van der Waals surface area contributed by atoms with Crippen molar-refractivity contribution in [3.63, 3.8) is 0 Å². The summed E-state index contributed by atoms with van der Waals surface area (Å²) in [6.07, 6.45) is 3.11. The van der Waals surface area contributed by atoms with Crippen molar-refractivity contribution in [1.82, 2.24) is 9.97 Å². The number of carbonyl (C=O) groups excluding carboxylic acids is 1. The molecule has 1 heterocycles. The van der Waals surface area contributed by atoms with Crippen LogP contribution < -0.4 is 15.0 Å². The molecule has 3 aromatic rings. The first kappa shape index (κ1) is 19.4. The topological polar surface area (TPSA) is 67.4 Å². The Morgan fingerprint density at radius 3 is 2.39 bits per heavy atom. The van der Waals surface area contributed by atoms with Gasteiger partial charge in [-0.05, 0) is 45.0 Å². The molecule has 6 heteroatoms. The predicted molar refractivity (Wildman–Crippen MR) is 111 cm³/mol. The van der Waals surface area contributed by atoms with Gasteiger partial charge in [-0.2, -0.15) is 0 Å². The van der Waals surface area contributed by atoms with Crippen molar-refractivity contribution in [2.75, 3.05) is 16.8 Å². The normalized spacial score (nSPS) is 10.6. The van der Waals surface area contributed by atoms with Gasteiger partial charge in [0.1, 0.15) is 11.4 Å². The molecule has 6 nitrogen and oxygen atoms in total. The van der Waals surface area contributed by atoms with Crippen LogP contribution in [0.2, 0.25) is 0 Å². The van der Waals surface area contributed by atoms with Crippen molar-refractivity contribution in [2.24, 2.45) is 0 Å². The van der Waals surface area contributed by atoms with Gasteiger partial charge in [0.25, 0.3) is 5.91 Å². The van der Waals surface area contributed by atoms with Crippen LogP contribution in [0, 0.1) is 0 Å². The monoisotopic (exact) mass is 376 g/mol. The highest BCUT2D eigenvalue weighted by Crippen LogP contribution is 2.26. The zero-order valence-corrected chi connectivity index (χ0v) is 16.3. The molecule has 0 atom stereocenters. The Morgan fingerprint density at radius 1 is 1.04 bits per heavy atom. The lowest BCUT2D eigenvalue weighted by Gasteiger charge is -2.21. The number of benzene rings is 2. The van der Waals surface area contributed by atoms with Crippen molar-refractivity contribution >= 4 is 23.1 Å². The minimum Gasteiger partial charge on any atom is -0.489 e. The van der Waals surface area contributed by atoms with E-state index in [1.165, 1.54) is 6.20 Å². The second kappa shape index (κ2) is 8.99. The van der Waals surface area contributed by atoms with Crippen LogP contribution in [0.3, 0.4) is 0 Å². The lowest BCUT2D eigenvalue weighted by molar-refractivity contribution is 0.102. The van der Waals surface area contributed by atoms with E-state index in [2.05, 4.69) is 15.3 Å². The molecule has 0 fully saturated rings. The number of rotatable bonds is 7. The van der Waals surface area contributed by atoms with Crippen molar-refractivity contribution in [3.05, 3.63) is 72.7 Å². The highest BCUT2D eigenvalue weighted by atomic mass is 16.5. The molecule has 0 radical (unpaired) electrons. The summed E-state index contributed by atoms with van der Waals surface area (Å²) in [5, 5.41) is 2.85. The van der Waals surface area contributed by atoms with Gasteiger partial charge in [0.2, 0.25) is 0 Å². The standard InChI is InChI=1S/C22H24N4O2/c1-4-26(17-10-6-5-7-11-17)21-15-23-19(14-24-21)22(27)25-18-12-8-9-13-20(18)28-16(2)3/h5-16H,4H2,1-3H3,(H,25,27). The maximum Gasteiger partial charge on any atom is 0.275 e. The van der Waals surface area contributed by atoms with Gasteiger partial charge in [0.15, 0.2) is 5.82 Å². The maximum atomic E-state index is 12.6. The summed E-state index contributed by atoms with van der Waals surface area (Å²) in [6, 6.07) is 17.3. The molecule has 0 saturated heterocycles. The molecule has 0 aliphatic heterocycles. The molecule has 1 amide bonds. The first-order valence-corrected chi connectivity index (χ1v) is 9.30. The van der Waals surface area contributed by atoms with E-state index >= 15 is 0 Å². The van der Waals surface area contributed by atoms with Crippen molar-refractivity contribution in [2.45, 2.75) is 26.9 Å². The van der Waals surface area contributed by atoms with Gasteiger partial charge in [0.05, 0.1) is 24.2 Å². The summed E-state index contributed by atoms with van der Waals surface area (Å²) in [6.45, 7) is 6.66. The lowest BCUT2D eigenvalue weighted by atomic mass is 10.2. The summed E-state index contributed by atoms with van der Waals surface area (Å²) in [5.74, 6) is 0.979. The highest BCUT2D eigenvalue weighted by molar-refractivity contribution is 6.03. The second-order valence-electron chi connectivity index (χ2n) is 6.46. The summed E-state index contributed by atoms with van der Waals surface area (Å²) in [5.41, 5.74) is 1.87. The molecule has 1 N–H and O–H groups in total. The Bertz CT molecular complexity index is 911. The molecule has 1 aromatic heterocycles. The Kier molecular flexibility index (Phi) is 6.22. The summed E-state index contributed by atoms with van der Waals surface area (Å²) in [7, 11) is 0. The molecule has 0 unspecified atom stereocenters. The van der Waals surface area contributed by atoms with E-state index in [9.17, 15) is 4.79 Å². The van der Waals surface area contributed by atoms with Gasteiger partial charge in [0, 0.05) is 12.2 Å². The molecule has 28 heavy (non-hydrogen) atoms. The molecule has 0 bridgehead atoms. The first-order chi connectivity index (χ1) is 13.6. The fraction of sp³-hybridized carbons (Fsp3) is 0.227. The number of nitrogens with zero attached hydrogens (tertiary/aromatic N) is 3. The van der Waals surface area contributed by atoms with E-state index in [0.29, 0.717) is 17.3 Å². The van der Waals surface area contributed by atoms with Gasteiger partial charge >= 0.3 is 0 Å². The van der Waals surface area contributed by atoms with Crippen LogP contribution in [0.4, 0.5) is 17.2 Å². The smallest absolute Gasteiger partial charge is 0.275 e. The van der Waals surface area contributed by atoms with Gasteiger partial charge in [-0.3, -0.25) is 4.79 Å². The fourth-order valence-electron chi connectivity index (χ4n) is 2.78. The van der Waals surface area contributed by atoms with Crippen molar-refractivity contribution in [3.8, 4) is 5.75 Å². The Balaban J connectivity index is 1.76. The molecule has 144 valence electrons. The lowest BCUT2D eigenvalue weighted by Crippen LogP contribution is -2.19. The average molecular weight is 376 g/mol. The van der Waals surface area contributed by atoms with E-state index < -0.39 is 0 Å². The van der Waals surface area contributed by atoms with Crippen LogP contribution in [0.1, 0.15) is 31.3 Å². The van der Waals surface area contributed by atoms with E-state index in [1.807, 2.05) is 74.2 Å². The van der Waals surface area contributed by atoms with E-state index in [1.54, 1.807) is 12.3 Å². The predicted octanol–water partition coefficient (Wildman–Crippen LogP) is 4.67. The highest BCUT2D eigenvalue weighted by Gasteiger charge is 2.14.